The minimum absolute atomic E-state index is 0.321. The van der Waals surface area contributed by atoms with Gasteiger partial charge < -0.3 is 4.74 Å². The highest BCUT2D eigenvalue weighted by molar-refractivity contribution is 6.33. The number of halogens is 1. The summed E-state index contributed by atoms with van der Waals surface area (Å²) in [6.07, 6.45) is 0.745. The van der Waals surface area contributed by atoms with Crippen molar-refractivity contribution in [1.29, 1.82) is 0 Å². The van der Waals surface area contributed by atoms with Crippen molar-refractivity contribution in [2.45, 2.75) is 26.4 Å². The first kappa shape index (κ1) is 13.5. The molecule has 0 unspecified atom stereocenters. The molecule has 0 aliphatic rings. The molecule has 0 saturated heterocycles. The Labute approximate surface area is 115 Å². The van der Waals surface area contributed by atoms with Gasteiger partial charge >= 0.3 is 6.09 Å². The van der Waals surface area contributed by atoms with Gasteiger partial charge in [0.2, 0.25) is 0 Å². The number of pyridine rings is 1. The maximum atomic E-state index is 11.6. The second-order valence-electron chi connectivity index (χ2n) is 4.86. The number of ether oxygens (including phenoxy) is 1. The van der Waals surface area contributed by atoms with Crippen LogP contribution in [0.5, 0.6) is 0 Å². The van der Waals surface area contributed by atoms with E-state index >= 15 is 0 Å². The van der Waals surface area contributed by atoms with Crippen LogP contribution in [0.4, 0.5) is 10.6 Å². The second kappa shape index (κ2) is 4.97. The van der Waals surface area contributed by atoms with Crippen LogP contribution in [0.1, 0.15) is 20.8 Å². The lowest BCUT2D eigenvalue weighted by atomic mass is 10.2. The van der Waals surface area contributed by atoms with E-state index in [1.54, 1.807) is 32.9 Å². The average Bonchev–Trinajstić information content (AvgIpc) is 2.26. The Kier molecular flexibility index (Phi) is 3.53. The lowest BCUT2D eigenvalue weighted by Gasteiger charge is -2.19. The predicted molar refractivity (Wildman–Crippen MR) is 72.2 cm³/mol. The first-order valence-corrected chi connectivity index (χ1v) is 6.00. The molecule has 2 heterocycles. The van der Waals surface area contributed by atoms with Gasteiger partial charge in [0.1, 0.15) is 22.9 Å². The Hall–Kier alpha value is -1.95. The van der Waals surface area contributed by atoms with Gasteiger partial charge in [-0.05, 0) is 32.9 Å². The Balaban J connectivity index is 2.20. The number of carbonyl (C=O) groups excluding carboxylic acids is 1. The SMILES string of the molecule is CC(C)(C)OC(=O)Nc1ccc2c(Cl)ncnc2n1. The van der Waals surface area contributed by atoms with Gasteiger partial charge in [-0.25, -0.2) is 19.7 Å². The van der Waals surface area contributed by atoms with E-state index in [9.17, 15) is 4.79 Å². The van der Waals surface area contributed by atoms with E-state index in [1.807, 2.05) is 0 Å². The highest BCUT2D eigenvalue weighted by Gasteiger charge is 2.16. The molecule has 2 aromatic rings. The molecule has 100 valence electrons. The molecule has 19 heavy (non-hydrogen) atoms. The number of rotatable bonds is 1. The van der Waals surface area contributed by atoms with Crippen LogP contribution in [0.3, 0.4) is 0 Å². The fourth-order valence-corrected chi connectivity index (χ4v) is 1.58. The summed E-state index contributed by atoms with van der Waals surface area (Å²) in [5.41, 5.74) is -0.152. The van der Waals surface area contributed by atoms with E-state index in [2.05, 4.69) is 20.3 Å². The van der Waals surface area contributed by atoms with Crippen LogP contribution in [-0.4, -0.2) is 26.6 Å². The van der Waals surface area contributed by atoms with Crippen molar-refractivity contribution in [3.63, 3.8) is 0 Å². The van der Waals surface area contributed by atoms with Crippen LogP contribution in [0.2, 0.25) is 5.15 Å². The average molecular weight is 281 g/mol. The van der Waals surface area contributed by atoms with Gasteiger partial charge in [-0.15, -0.1) is 0 Å². The van der Waals surface area contributed by atoms with Crippen LogP contribution in [0, 0.1) is 0 Å². The third-order valence-electron chi connectivity index (χ3n) is 2.08. The van der Waals surface area contributed by atoms with Gasteiger partial charge in [0.05, 0.1) is 5.39 Å². The summed E-state index contributed by atoms with van der Waals surface area (Å²) >= 11 is 5.90. The zero-order valence-corrected chi connectivity index (χ0v) is 11.5. The van der Waals surface area contributed by atoms with E-state index < -0.39 is 11.7 Å². The van der Waals surface area contributed by atoms with Gasteiger partial charge in [-0.2, -0.15) is 0 Å². The lowest BCUT2D eigenvalue weighted by Crippen LogP contribution is -2.27. The normalized spacial score (nSPS) is 11.4. The molecular weight excluding hydrogens is 268 g/mol. The monoisotopic (exact) mass is 280 g/mol. The van der Waals surface area contributed by atoms with Gasteiger partial charge in [0.25, 0.3) is 0 Å². The number of nitrogens with zero attached hydrogens (tertiary/aromatic N) is 3. The third kappa shape index (κ3) is 3.51. The molecule has 0 spiro atoms. The number of nitrogens with one attached hydrogen (secondary N) is 1. The summed E-state index contributed by atoms with van der Waals surface area (Å²) in [6.45, 7) is 5.36. The Morgan fingerprint density at radius 1 is 1.32 bits per heavy atom. The Morgan fingerprint density at radius 2 is 2.05 bits per heavy atom. The molecule has 0 atom stereocenters. The smallest absolute Gasteiger partial charge is 0.413 e. The fourth-order valence-electron chi connectivity index (χ4n) is 1.39. The number of aromatic nitrogens is 3. The summed E-state index contributed by atoms with van der Waals surface area (Å²) < 4.78 is 5.13. The van der Waals surface area contributed by atoms with Crippen molar-refractivity contribution in [3.8, 4) is 0 Å². The summed E-state index contributed by atoms with van der Waals surface area (Å²) in [6, 6.07) is 3.30. The second-order valence-corrected chi connectivity index (χ2v) is 5.22. The molecule has 0 radical (unpaired) electrons. The number of hydrogen-bond donors (Lipinski definition) is 1. The van der Waals surface area contributed by atoms with E-state index in [4.69, 9.17) is 16.3 Å². The quantitative estimate of drug-likeness (QED) is 0.813. The first-order chi connectivity index (χ1) is 8.85. The summed E-state index contributed by atoms with van der Waals surface area (Å²) in [5, 5.41) is 3.48. The number of hydrogen-bond acceptors (Lipinski definition) is 5. The van der Waals surface area contributed by atoms with Crippen molar-refractivity contribution in [2.24, 2.45) is 0 Å². The number of carbonyl (C=O) groups is 1. The molecule has 0 aromatic carbocycles. The van der Waals surface area contributed by atoms with Crippen LogP contribution >= 0.6 is 11.6 Å². The molecule has 0 aliphatic heterocycles. The van der Waals surface area contributed by atoms with Gasteiger partial charge in [-0.3, -0.25) is 5.32 Å². The molecule has 2 rings (SSSR count). The van der Waals surface area contributed by atoms with E-state index in [-0.39, 0.29) is 0 Å². The maximum absolute atomic E-state index is 11.6. The Bertz CT molecular complexity index is 625. The third-order valence-corrected chi connectivity index (χ3v) is 2.38. The highest BCUT2D eigenvalue weighted by atomic mass is 35.5. The lowest BCUT2D eigenvalue weighted by molar-refractivity contribution is 0.0635. The topological polar surface area (TPSA) is 77.0 Å². The largest absolute Gasteiger partial charge is 0.444 e. The first-order valence-electron chi connectivity index (χ1n) is 5.62. The molecule has 1 N–H and O–H groups in total. The molecule has 2 aromatic heterocycles. The summed E-state index contributed by atoms with van der Waals surface area (Å²) in [4.78, 5) is 23.6. The minimum atomic E-state index is -0.570. The van der Waals surface area contributed by atoms with Crippen molar-refractivity contribution in [1.82, 2.24) is 15.0 Å². The zero-order chi connectivity index (χ0) is 14.0. The number of amides is 1. The molecule has 0 fully saturated rings. The van der Waals surface area contributed by atoms with E-state index in [1.165, 1.54) is 6.33 Å². The van der Waals surface area contributed by atoms with Crippen molar-refractivity contribution >= 4 is 34.5 Å². The molecular formula is C12H13ClN4O2. The molecule has 0 saturated carbocycles. The van der Waals surface area contributed by atoms with Crippen molar-refractivity contribution in [3.05, 3.63) is 23.6 Å². The Morgan fingerprint density at radius 3 is 2.74 bits per heavy atom. The van der Waals surface area contributed by atoms with Crippen LogP contribution in [-0.2, 0) is 4.74 Å². The van der Waals surface area contributed by atoms with Crippen LogP contribution < -0.4 is 5.32 Å². The highest BCUT2D eigenvalue weighted by Crippen LogP contribution is 2.19. The van der Waals surface area contributed by atoms with Gasteiger partial charge in [0, 0.05) is 0 Å². The number of anilines is 1. The summed E-state index contributed by atoms with van der Waals surface area (Å²) in [5.74, 6) is 0.344. The molecule has 1 amide bonds. The van der Waals surface area contributed by atoms with Crippen molar-refractivity contribution < 1.29 is 9.53 Å². The standard InChI is InChI=1S/C12H13ClN4O2/c1-12(2,3)19-11(18)17-8-5-4-7-9(13)14-6-15-10(7)16-8/h4-6H,1-3H3,(H,14,15,16,17,18). The molecule has 0 aliphatic carbocycles. The maximum Gasteiger partial charge on any atom is 0.413 e. The van der Waals surface area contributed by atoms with E-state index in [0.717, 1.165) is 0 Å². The fraction of sp³-hybridized carbons (Fsp3) is 0.333. The molecule has 0 bridgehead atoms. The zero-order valence-electron chi connectivity index (χ0n) is 10.8. The molecule has 7 heteroatoms. The van der Waals surface area contributed by atoms with Gasteiger partial charge in [-0.1, -0.05) is 11.6 Å². The number of fused-ring (bicyclic) bond motifs is 1. The summed E-state index contributed by atoms with van der Waals surface area (Å²) in [7, 11) is 0. The van der Waals surface area contributed by atoms with Crippen LogP contribution in [0.15, 0.2) is 18.5 Å². The minimum Gasteiger partial charge on any atom is -0.444 e. The van der Waals surface area contributed by atoms with E-state index in [0.29, 0.717) is 22.0 Å². The van der Waals surface area contributed by atoms with Gasteiger partial charge in [0.15, 0.2) is 5.65 Å². The predicted octanol–water partition coefficient (Wildman–Crippen LogP) is 3.03. The van der Waals surface area contributed by atoms with Crippen molar-refractivity contribution in [2.75, 3.05) is 5.32 Å². The van der Waals surface area contributed by atoms with Crippen LogP contribution in [0.25, 0.3) is 11.0 Å². The molecule has 6 nitrogen and oxygen atoms in total.